The zero-order valence-corrected chi connectivity index (χ0v) is 14.9. The first-order valence-corrected chi connectivity index (χ1v) is 8.87. The van der Waals surface area contributed by atoms with Gasteiger partial charge in [0.2, 0.25) is 0 Å². The summed E-state index contributed by atoms with van der Waals surface area (Å²) < 4.78 is 15.4. The maximum atomic E-state index is 13.4. The summed E-state index contributed by atoms with van der Waals surface area (Å²) >= 11 is 0. The molecule has 0 aliphatic carbocycles. The highest BCUT2D eigenvalue weighted by Crippen LogP contribution is 2.36. The van der Waals surface area contributed by atoms with Crippen molar-refractivity contribution in [2.75, 3.05) is 0 Å². The third-order valence-corrected chi connectivity index (χ3v) is 4.89. The molecule has 3 aromatic heterocycles. The van der Waals surface area contributed by atoms with Gasteiger partial charge in [0.1, 0.15) is 11.5 Å². The van der Waals surface area contributed by atoms with Crippen molar-refractivity contribution < 1.29 is 4.39 Å². The quantitative estimate of drug-likeness (QED) is 0.474. The van der Waals surface area contributed by atoms with Crippen molar-refractivity contribution in [1.29, 1.82) is 0 Å². The van der Waals surface area contributed by atoms with E-state index in [0.29, 0.717) is 5.92 Å². The molecule has 4 rings (SSSR count). The lowest BCUT2D eigenvalue weighted by molar-refractivity contribution is 0.628. The van der Waals surface area contributed by atoms with Crippen LogP contribution >= 0.6 is 0 Å². The standard InChI is InChI=1S/C22H20FN3/c1-3-15(2)19-5-4-6-20-21(16-11-13-24-14-12-16)22(25-26(19)20)17-7-9-18(23)10-8-17/h4-15H,3H2,1-2H3. The van der Waals surface area contributed by atoms with Crippen LogP contribution in [0.3, 0.4) is 0 Å². The summed E-state index contributed by atoms with van der Waals surface area (Å²) in [6, 6.07) is 16.8. The zero-order valence-electron chi connectivity index (χ0n) is 14.9. The normalized spacial score (nSPS) is 12.4. The van der Waals surface area contributed by atoms with Crippen molar-refractivity contribution in [3.05, 3.63) is 78.5 Å². The molecule has 4 aromatic rings. The molecule has 3 heterocycles. The lowest BCUT2D eigenvalue weighted by Crippen LogP contribution is -2.02. The maximum absolute atomic E-state index is 13.4. The van der Waals surface area contributed by atoms with Crippen LogP contribution in [0.2, 0.25) is 0 Å². The molecule has 1 atom stereocenters. The van der Waals surface area contributed by atoms with E-state index in [2.05, 4.69) is 37.0 Å². The third kappa shape index (κ3) is 2.77. The lowest BCUT2D eigenvalue weighted by atomic mass is 10.00. The first kappa shape index (κ1) is 16.5. The summed E-state index contributed by atoms with van der Waals surface area (Å²) in [5, 5.41) is 4.93. The fraction of sp³-hybridized carbons (Fsp3) is 0.182. The number of fused-ring (bicyclic) bond motifs is 1. The highest BCUT2D eigenvalue weighted by atomic mass is 19.1. The molecular formula is C22H20FN3. The van der Waals surface area contributed by atoms with Crippen LogP contribution in [-0.2, 0) is 0 Å². The molecule has 0 aliphatic rings. The number of pyridine rings is 2. The van der Waals surface area contributed by atoms with Gasteiger partial charge in [-0.3, -0.25) is 4.98 Å². The number of aromatic nitrogens is 3. The van der Waals surface area contributed by atoms with E-state index in [9.17, 15) is 4.39 Å². The fourth-order valence-corrected chi connectivity index (χ4v) is 3.29. The van der Waals surface area contributed by atoms with Gasteiger partial charge in [-0.15, -0.1) is 0 Å². The van der Waals surface area contributed by atoms with Crippen LogP contribution in [-0.4, -0.2) is 14.6 Å². The van der Waals surface area contributed by atoms with Crippen molar-refractivity contribution in [3.8, 4) is 22.4 Å². The van der Waals surface area contributed by atoms with E-state index < -0.39 is 0 Å². The second kappa shape index (κ2) is 6.71. The minimum atomic E-state index is -0.247. The van der Waals surface area contributed by atoms with E-state index in [4.69, 9.17) is 5.10 Å². The number of halogens is 1. The van der Waals surface area contributed by atoms with E-state index in [1.165, 1.54) is 17.8 Å². The smallest absolute Gasteiger partial charge is 0.123 e. The van der Waals surface area contributed by atoms with Crippen molar-refractivity contribution >= 4 is 5.52 Å². The Kier molecular flexibility index (Phi) is 4.25. The highest BCUT2D eigenvalue weighted by molar-refractivity contribution is 5.92. The van der Waals surface area contributed by atoms with Gasteiger partial charge in [0.25, 0.3) is 0 Å². The van der Waals surface area contributed by atoms with Gasteiger partial charge >= 0.3 is 0 Å². The molecule has 4 heteroatoms. The Morgan fingerprint density at radius 2 is 1.69 bits per heavy atom. The summed E-state index contributed by atoms with van der Waals surface area (Å²) in [7, 11) is 0. The van der Waals surface area contributed by atoms with Crippen LogP contribution in [0.5, 0.6) is 0 Å². The molecule has 0 aliphatic heterocycles. The second-order valence-corrected chi connectivity index (χ2v) is 6.52. The minimum Gasteiger partial charge on any atom is -0.265 e. The molecule has 1 unspecified atom stereocenters. The van der Waals surface area contributed by atoms with Crippen molar-refractivity contribution in [3.63, 3.8) is 0 Å². The molecule has 0 saturated heterocycles. The highest BCUT2D eigenvalue weighted by Gasteiger charge is 2.19. The Labute approximate surface area is 152 Å². The number of hydrogen-bond acceptors (Lipinski definition) is 2. The summed E-state index contributed by atoms with van der Waals surface area (Å²) in [5.74, 6) is 0.147. The Morgan fingerprint density at radius 1 is 0.962 bits per heavy atom. The van der Waals surface area contributed by atoms with Crippen molar-refractivity contribution in [1.82, 2.24) is 14.6 Å². The molecule has 0 bridgehead atoms. The first-order valence-electron chi connectivity index (χ1n) is 8.87. The average molecular weight is 345 g/mol. The number of rotatable bonds is 4. The summed E-state index contributed by atoms with van der Waals surface area (Å²) in [5.41, 5.74) is 6.07. The third-order valence-electron chi connectivity index (χ3n) is 4.89. The lowest BCUT2D eigenvalue weighted by Gasteiger charge is -2.11. The van der Waals surface area contributed by atoms with Gasteiger partial charge in [-0.1, -0.05) is 19.9 Å². The number of hydrogen-bond donors (Lipinski definition) is 0. The van der Waals surface area contributed by atoms with Gasteiger partial charge in [-0.2, -0.15) is 5.10 Å². The maximum Gasteiger partial charge on any atom is 0.123 e. The summed E-state index contributed by atoms with van der Waals surface area (Å²) in [6.07, 6.45) is 4.60. The molecule has 0 saturated carbocycles. The van der Waals surface area contributed by atoms with Gasteiger partial charge in [-0.25, -0.2) is 8.91 Å². The van der Waals surface area contributed by atoms with Gasteiger partial charge in [0.15, 0.2) is 0 Å². The Bertz CT molecular complexity index is 1040. The zero-order chi connectivity index (χ0) is 18.1. The minimum absolute atomic E-state index is 0.247. The Morgan fingerprint density at radius 3 is 2.38 bits per heavy atom. The summed E-state index contributed by atoms with van der Waals surface area (Å²) in [6.45, 7) is 4.39. The molecule has 0 N–H and O–H groups in total. The van der Waals surface area contributed by atoms with Gasteiger partial charge in [0.05, 0.1) is 5.52 Å². The fourth-order valence-electron chi connectivity index (χ4n) is 3.29. The van der Waals surface area contributed by atoms with E-state index in [1.807, 2.05) is 16.6 Å². The van der Waals surface area contributed by atoms with Crippen molar-refractivity contribution in [2.24, 2.45) is 0 Å². The predicted molar refractivity (Wildman–Crippen MR) is 103 cm³/mol. The topological polar surface area (TPSA) is 30.2 Å². The van der Waals surface area contributed by atoms with Gasteiger partial charge in [-0.05, 0) is 66.4 Å². The van der Waals surface area contributed by atoms with Crippen LogP contribution in [0.25, 0.3) is 27.9 Å². The van der Waals surface area contributed by atoms with Crippen LogP contribution in [0.1, 0.15) is 31.9 Å². The first-order chi connectivity index (χ1) is 12.7. The van der Waals surface area contributed by atoms with Gasteiger partial charge in [0, 0.05) is 29.2 Å². The molecule has 130 valence electrons. The van der Waals surface area contributed by atoms with E-state index in [0.717, 1.165) is 34.3 Å². The summed E-state index contributed by atoms with van der Waals surface area (Å²) in [4.78, 5) is 4.13. The molecular weight excluding hydrogens is 325 g/mol. The molecule has 26 heavy (non-hydrogen) atoms. The SMILES string of the molecule is CCC(C)c1cccc2c(-c3ccncc3)c(-c3ccc(F)cc3)nn12. The van der Waals surface area contributed by atoms with Crippen LogP contribution < -0.4 is 0 Å². The van der Waals surface area contributed by atoms with Crippen LogP contribution in [0, 0.1) is 5.82 Å². The van der Waals surface area contributed by atoms with Crippen LogP contribution in [0.15, 0.2) is 67.0 Å². The average Bonchev–Trinajstić information content (AvgIpc) is 3.08. The number of nitrogens with zero attached hydrogens (tertiary/aromatic N) is 3. The van der Waals surface area contributed by atoms with Crippen molar-refractivity contribution in [2.45, 2.75) is 26.2 Å². The molecule has 0 amide bonds. The Balaban J connectivity index is 2.05. The molecule has 0 radical (unpaired) electrons. The van der Waals surface area contributed by atoms with E-state index in [1.54, 1.807) is 24.5 Å². The predicted octanol–water partition coefficient (Wildman–Crippen LogP) is 5.72. The molecule has 0 fully saturated rings. The van der Waals surface area contributed by atoms with E-state index in [-0.39, 0.29) is 5.82 Å². The van der Waals surface area contributed by atoms with Crippen LogP contribution in [0.4, 0.5) is 4.39 Å². The van der Waals surface area contributed by atoms with E-state index >= 15 is 0 Å². The number of benzene rings is 1. The Hall–Kier alpha value is -3.01. The van der Waals surface area contributed by atoms with Gasteiger partial charge < -0.3 is 0 Å². The molecule has 1 aromatic carbocycles. The monoisotopic (exact) mass is 345 g/mol. The second-order valence-electron chi connectivity index (χ2n) is 6.52. The largest absolute Gasteiger partial charge is 0.265 e. The molecule has 0 spiro atoms. The molecule has 3 nitrogen and oxygen atoms in total.